The lowest BCUT2D eigenvalue weighted by Crippen LogP contribution is -2.06. The van der Waals surface area contributed by atoms with Crippen molar-refractivity contribution in [2.24, 2.45) is 0 Å². The van der Waals surface area contributed by atoms with Gasteiger partial charge in [-0.3, -0.25) is 0 Å². The number of aromatic carboxylic acids is 1. The van der Waals surface area contributed by atoms with E-state index in [4.69, 9.17) is 5.11 Å². The van der Waals surface area contributed by atoms with Gasteiger partial charge in [0.25, 0.3) is 0 Å². The fraction of sp³-hybridized carbons (Fsp3) is 0.250. The number of carboxylic acids is 1. The summed E-state index contributed by atoms with van der Waals surface area (Å²) in [5.41, 5.74) is 0.487. The second kappa shape index (κ2) is 3.52. The van der Waals surface area contributed by atoms with Gasteiger partial charge >= 0.3 is 5.97 Å². The van der Waals surface area contributed by atoms with Gasteiger partial charge in [-0.2, -0.15) is 0 Å². The van der Waals surface area contributed by atoms with Crippen molar-refractivity contribution in [2.45, 2.75) is 13.5 Å². The Balaban J connectivity index is 2.27. The first-order chi connectivity index (χ1) is 7.18. The minimum Gasteiger partial charge on any atom is -0.476 e. The third-order valence-electron chi connectivity index (χ3n) is 2.04. The van der Waals surface area contributed by atoms with Crippen LogP contribution in [-0.4, -0.2) is 36.0 Å². The maximum atomic E-state index is 10.7. The van der Waals surface area contributed by atoms with E-state index >= 15 is 0 Å². The molecule has 0 bridgehead atoms. The number of H-pyrrole nitrogens is 1. The van der Waals surface area contributed by atoms with Crippen molar-refractivity contribution in [1.82, 2.24) is 25.0 Å². The Morgan fingerprint density at radius 3 is 3.00 bits per heavy atom. The van der Waals surface area contributed by atoms with Crippen LogP contribution in [0.2, 0.25) is 0 Å². The Morgan fingerprint density at radius 1 is 1.67 bits per heavy atom. The smallest absolute Gasteiger partial charge is 0.358 e. The number of aromatic nitrogens is 5. The number of hydrogen-bond acceptors (Lipinski definition) is 4. The molecule has 78 valence electrons. The third kappa shape index (κ3) is 1.71. The Labute approximate surface area is 84.8 Å². The highest BCUT2D eigenvalue weighted by Crippen LogP contribution is 2.04. The van der Waals surface area contributed by atoms with Crippen LogP contribution in [-0.2, 0) is 6.54 Å². The van der Waals surface area contributed by atoms with Gasteiger partial charge in [0.2, 0.25) is 0 Å². The Kier molecular flexibility index (Phi) is 2.20. The van der Waals surface area contributed by atoms with Crippen LogP contribution in [0.5, 0.6) is 0 Å². The molecule has 0 aliphatic heterocycles. The maximum Gasteiger partial charge on any atom is 0.358 e. The molecule has 2 aromatic rings. The van der Waals surface area contributed by atoms with Crippen molar-refractivity contribution in [3.05, 3.63) is 29.6 Å². The first kappa shape index (κ1) is 9.38. The Bertz CT molecular complexity index is 473. The molecule has 0 aliphatic rings. The predicted octanol–water partition coefficient (Wildman–Crippen LogP) is 0.0561. The van der Waals surface area contributed by atoms with Gasteiger partial charge < -0.3 is 10.1 Å². The highest BCUT2D eigenvalue weighted by molar-refractivity contribution is 5.86. The van der Waals surface area contributed by atoms with Crippen LogP contribution in [0, 0.1) is 6.92 Å². The minimum atomic E-state index is -1.07. The first-order valence-electron chi connectivity index (χ1n) is 4.30. The molecule has 0 spiro atoms. The van der Waals surface area contributed by atoms with Crippen molar-refractivity contribution in [1.29, 1.82) is 0 Å². The minimum absolute atomic E-state index is 0.0263. The average molecular weight is 207 g/mol. The molecular weight excluding hydrogens is 198 g/mol. The quantitative estimate of drug-likeness (QED) is 0.741. The normalized spacial score (nSPS) is 10.5. The van der Waals surface area contributed by atoms with E-state index in [1.807, 2.05) is 0 Å². The lowest BCUT2D eigenvalue weighted by atomic mass is 10.3. The summed E-state index contributed by atoms with van der Waals surface area (Å²) in [6, 6.07) is 0. The van der Waals surface area contributed by atoms with E-state index in [1.54, 1.807) is 19.3 Å². The molecule has 0 aromatic carbocycles. The summed E-state index contributed by atoms with van der Waals surface area (Å²) in [4.78, 5) is 17.6. The molecule has 0 fully saturated rings. The summed E-state index contributed by atoms with van der Waals surface area (Å²) >= 11 is 0. The molecule has 2 N–H and O–H groups in total. The molecule has 0 saturated carbocycles. The van der Waals surface area contributed by atoms with E-state index < -0.39 is 5.97 Å². The zero-order valence-electron chi connectivity index (χ0n) is 8.01. The number of carboxylic acid groups (broad SMARTS) is 1. The van der Waals surface area contributed by atoms with Gasteiger partial charge in [-0.1, -0.05) is 5.21 Å². The highest BCUT2D eigenvalue weighted by atomic mass is 16.4. The zero-order chi connectivity index (χ0) is 10.8. The molecule has 2 aromatic heterocycles. The molecule has 0 saturated heterocycles. The highest BCUT2D eigenvalue weighted by Gasteiger charge is 2.15. The molecule has 2 rings (SSSR count). The fourth-order valence-corrected chi connectivity index (χ4v) is 1.23. The van der Waals surface area contributed by atoms with E-state index in [0.29, 0.717) is 18.1 Å². The van der Waals surface area contributed by atoms with Gasteiger partial charge in [-0.05, 0) is 6.92 Å². The second-order valence-corrected chi connectivity index (χ2v) is 3.02. The predicted molar refractivity (Wildman–Crippen MR) is 49.4 cm³/mol. The van der Waals surface area contributed by atoms with Gasteiger partial charge in [0.1, 0.15) is 12.4 Å². The molecule has 0 unspecified atom stereocenters. The van der Waals surface area contributed by atoms with Crippen LogP contribution in [0.15, 0.2) is 12.4 Å². The molecule has 0 aliphatic carbocycles. The SMILES string of the molecule is Cc1c(C(=O)O)nnn1Cc1ncc[nH]1. The molecule has 7 nitrogen and oxygen atoms in total. The number of nitrogens with one attached hydrogen (secondary N) is 1. The summed E-state index contributed by atoms with van der Waals surface area (Å²) in [5.74, 6) is -0.363. The van der Waals surface area contributed by atoms with E-state index in [2.05, 4.69) is 20.3 Å². The molecule has 0 radical (unpaired) electrons. The van der Waals surface area contributed by atoms with Crippen molar-refractivity contribution in [3.63, 3.8) is 0 Å². The van der Waals surface area contributed by atoms with Crippen LogP contribution in [0.25, 0.3) is 0 Å². The average Bonchev–Trinajstić information content (AvgIpc) is 2.78. The van der Waals surface area contributed by atoms with Gasteiger partial charge in [0.15, 0.2) is 5.69 Å². The van der Waals surface area contributed by atoms with Gasteiger partial charge in [0, 0.05) is 12.4 Å². The van der Waals surface area contributed by atoms with Crippen LogP contribution in [0.3, 0.4) is 0 Å². The topological polar surface area (TPSA) is 96.7 Å². The summed E-state index contributed by atoms with van der Waals surface area (Å²) < 4.78 is 1.49. The molecular formula is C8H9N5O2. The Hall–Kier alpha value is -2.18. The number of rotatable bonds is 3. The van der Waals surface area contributed by atoms with E-state index in [1.165, 1.54) is 4.68 Å². The molecule has 0 atom stereocenters. The van der Waals surface area contributed by atoms with Crippen LogP contribution < -0.4 is 0 Å². The molecule has 15 heavy (non-hydrogen) atoms. The number of hydrogen-bond donors (Lipinski definition) is 2. The summed E-state index contributed by atoms with van der Waals surface area (Å²) in [5, 5.41) is 16.1. The van der Waals surface area contributed by atoms with Crippen LogP contribution in [0.4, 0.5) is 0 Å². The van der Waals surface area contributed by atoms with Crippen LogP contribution >= 0.6 is 0 Å². The van der Waals surface area contributed by atoms with Crippen LogP contribution in [0.1, 0.15) is 22.0 Å². The molecule has 7 heteroatoms. The second-order valence-electron chi connectivity index (χ2n) is 3.02. The largest absolute Gasteiger partial charge is 0.476 e. The van der Waals surface area contributed by atoms with E-state index in [9.17, 15) is 4.79 Å². The summed E-state index contributed by atoms with van der Waals surface area (Å²) in [6.45, 7) is 2.05. The zero-order valence-corrected chi connectivity index (χ0v) is 8.01. The van der Waals surface area contributed by atoms with Gasteiger partial charge in [0.05, 0.1) is 5.69 Å². The van der Waals surface area contributed by atoms with Gasteiger partial charge in [-0.25, -0.2) is 14.5 Å². The van der Waals surface area contributed by atoms with Gasteiger partial charge in [-0.15, -0.1) is 5.10 Å². The lowest BCUT2D eigenvalue weighted by molar-refractivity contribution is 0.0689. The number of imidazole rings is 1. The van der Waals surface area contributed by atoms with E-state index in [-0.39, 0.29) is 5.69 Å². The number of carbonyl (C=O) groups is 1. The Morgan fingerprint density at radius 2 is 2.47 bits per heavy atom. The number of nitrogens with zero attached hydrogens (tertiary/aromatic N) is 4. The van der Waals surface area contributed by atoms with Crippen molar-refractivity contribution in [3.8, 4) is 0 Å². The summed E-state index contributed by atoms with van der Waals surface area (Å²) in [7, 11) is 0. The fourth-order valence-electron chi connectivity index (χ4n) is 1.23. The first-order valence-corrected chi connectivity index (χ1v) is 4.30. The van der Waals surface area contributed by atoms with Crippen molar-refractivity contribution >= 4 is 5.97 Å². The third-order valence-corrected chi connectivity index (χ3v) is 2.04. The lowest BCUT2D eigenvalue weighted by Gasteiger charge is -1.99. The standard InChI is InChI=1S/C8H9N5O2/c1-5-7(8(14)15)11-12-13(5)4-6-9-2-3-10-6/h2-3H,4H2,1H3,(H,9,10)(H,14,15). The molecule has 2 heterocycles. The summed E-state index contributed by atoms with van der Waals surface area (Å²) in [6.07, 6.45) is 3.32. The number of aromatic amines is 1. The van der Waals surface area contributed by atoms with E-state index in [0.717, 1.165) is 0 Å². The maximum absolute atomic E-state index is 10.7. The monoisotopic (exact) mass is 207 g/mol. The molecule has 0 amide bonds. The van der Waals surface area contributed by atoms with Crippen molar-refractivity contribution < 1.29 is 9.90 Å². The van der Waals surface area contributed by atoms with Crippen molar-refractivity contribution in [2.75, 3.05) is 0 Å².